The van der Waals surface area contributed by atoms with E-state index >= 15 is 0 Å². The summed E-state index contributed by atoms with van der Waals surface area (Å²) in [7, 11) is 0. The zero-order valence-corrected chi connectivity index (χ0v) is 9.88. The van der Waals surface area contributed by atoms with E-state index in [0.29, 0.717) is 19.2 Å². The summed E-state index contributed by atoms with van der Waals surface area (Å²) in [6.07, 6.45) is 7.47. The summed E-state index contributed by atoms with van der Waals surface area (Å²) in [5, 5.41) is 0. The highest BCUT2D eigenvalue weighted by Crippen LogP contribution is 2.13. The van der Waals surface area contributed by atoms with E-state index in [-0.39, 0.29) is 6.29 Å². The lowest BCUT2D eigenvalue weighted by Crippen LogP contribution is -2.23. The summed E-state index contributed by atoms with van der Waals surface area (Å²) in [6.45, 7) is 2.03. The van der Waals surface area contributed by atoms with Crippen molar-refractivity contribution in [3.05, 3.63) is 18.5 Å². The van der Waals surface area contributed by atoms with E-state index in [1.165, 1.54) is 6.42 Å². The Bertz CT molecular complexity index is 302. The van der Waals surface area contributed by atoms with Crippen LogP contribution in [0.5, 0.6) is 6.01 Å². The average Bonchev–Trinajstić information content (AvgIpc) is 2.41. The summed E-state index contributed by atoms with van der Waals surface area (Å²) in [5.74, 6) is 0. The Morgan fingerprint density at radius 3 is 2.88 bits per heavy atom. The molecule has 0 spiro atoms. The van der Waals surface area contributed by atoms with Gasteiger partial charge in [-0.25, -0.2) is 9.97 Å². The fraction of sp³-hybridized carbons (Fsp3) is 0.667. The van der Waals surface area contributed by atoms with Crippen LogP contribution in [0, 0.1) is 0 Å². The van der Waals surface area contributed by atoms with Crippen LogP contribution in [0.2, 0.25) is 0 Å². The third-order valence-electron chi connectivity index (χ3n) is 2.50. The largest absolute Gasteiger partial charge is 0.463 e. The predicted molar refractivity (Wildman–Crippen MR) is 61.7 cm³/mol. The highest BCUT2D eigenvalue weighted by Gasteiger charge is 2.13. The van der Waals surface area contributed by atoms with E-state index in [1.54, 1.807) is 18.5 Å². The number of hydrogen-bond acceptors (Lipinski definition) is 5. The van der Waals surface area contributed by atoms with Gasteiger partial charge in [0.15, 0.2) is 6.29 Å². The van der Waals surface area contributed by atoms with E-state index in [1.807, 2.05) is 0 Å². The Hall–Kier alpha value is -1.20. The maximum absolute atomic E-state index is 5.58. The van der Waals surface area contributed by atoms with Crippen LogP contribution in [0.4, 0.5) is 0 Å². The van der Waals surface area contributed by atoms with Gasteiger partial charge in [-0.15, -0.1) is 0 Å². The lowest BCUT2D eigenvalue weighted by atomic mass is 10.2. The molecule has 0 N–H and O–H groups in total. The standard InChI is InChI=1S/C12H18N2O3/c1-2-8-15-11(5-1)16-9-4-10-17-12-13-6-3-7-14-12/h3,6-7,11H,1-2,4-5,8-10H2. The molecule has 1 unspecified atom stereocenters. The fourth-order valence-electron chi connectivity index (χ4n) is 1.64. The minimum absolute atomic E-state index is 0.0169. The zero-order chi connectivity index (χ0) is 11.8. The van der Waals surface area contributed by atoms with Crippen molar-refractivity contribution < 1.29 is 14.2 Å². The van der Waals surface area contributed by atoms with Gasteiger partial charge in [0, 0.05) is 25.4 Å². The van der Waals surface area contributed by atoms with Crippen molar-refractivity contribution in [2.45, 2.75) is 32.0 Å². The van der Waals surface area contributed by atoms with Crippen LogP contribution in [0.1, 0.15) is 25.7 Å². The topological polar surface area (TPSA) is 53.5 Å². The molecule has 0 bridgehead atoms. The minimum atomic E-state index is -0.0169. The van der Waals surface area contributed by atoms with Gasteiger partial charge in [-0.2, -0.15) is 0 Å². The Kier molecular flexibility index (Phi) is 5.19. The normalized spacial score (nSPS) is 20.1. The van der Waals surface area contributed by atoms with Gasteiger partial charge >= 0.3 is 6.01 Å². The summed E-state index contributed by atoms with van der Waals surface area (Å²) < 4.78 is 16.4. The molecule has 1 aromatic rings. The van der Waals surface area contributed by atoms with Gasteiger partial charge in [0.2, 0.25) is 0 Å². The van der Waals surface area contributed by atoms with E-state index in [4.69, 9.17) is 14.2 Å². The van der Waals surface area contributed by atoms with Crippen LogP contribution in [-0.4, -0.2) is 36.1 Å². The first-order valence-corrected chi connectivity index (χ1v) is 6.08. The lowest BCUT2D eigenvalue weighted by molar-refractivity contribution is -0.163. The highest BCUT2D eigenvalue weighted by molar-refractivity contribution is 4.92. The Morgan fingerprint density at radius 2 is 2.12 bits per heavy atom. The molecule has 0 aliphatic carbocycles. The van der Waals surface area contributed by atoms with Crippen LogP contribution in [-0.2, 0) is 9.47 Å². The maximum Gasteiger partial charge on any atom is 0.316 e. The predicted octanol–water partition coefficient (Wildman–Crippen LogP) is 1.79. The van der Waals surface area contributed by atoms with Crippen LogP contribution in [0.3, 0.4) is 0 Å². The molecule has 5 nitrogen and oxygen atoms in total. The first kappa shape index (κ1) is 12.3. The number of hydrogen-bond donors (Lipinski definition) is 0. The molecule has 0 amide bonds. The molecule has 2 heterocycles. The zero-order valence-electron chi connectivity index (χ0n) is 9.88. The third-order valence-corrected chi connectivity index (χ3v) is 2.50. The van der Waals surface area contributed by atoms with Crippen molar-refractivity contribution in [2.75, 3.05) is 19.8 Å². The first-order chi connectivity index (χ1) is 8.45. The van der Waals surface area contributed by atoms with Gasteiger partial charge in [-0.1, -0.05) is 0 Å². The van der Waals surface area contributed by atoms with Crippen LogP contribution < -0.4 is 4.74 Å². The molecule has 94 valence electrons. The first-order valence-electron chi connectivity index (χ1n) is 6.08. The molecule has 0 aromatic carbocycles. The smallest absolute Gasteiger partial charge is 0.316 e. The lowest BCUT2D eigenvalue weighted by Gasteiger charge is -2.22. The molecule has 1 aromatic heterocycles. The van der Waals surface area contributed by atoms with Crippen molar-refractivity contribution in [3.8, 4) is 6.01 Å². The second-order valence-corrected chi connectivity index (χ2v) is 3.90. The van der Waals surface area contributed by atoms with Crippen LogP contribution in [0.15, 0.2) is 18.5 Å². The summed E-state index contributed by atoms with van der Waals surface area (Å²) in [4.78, 5) is 7.93. The monoisotopic (exact) mass is 238 g/mol. The molecular weight excluding hydrogens is 220 g/mol. The van der Waals surface area contributed by atoms with E-state index in [9.17, 15) is 0 Å². The molecule has 1 saturated heterocycles. The second kappa shape index (κ2) is 7.19. The van der Waals surface area contributed by atoms with Crippen LogP contribution in [0.25, 0.3) is 0 Å². The van der Waals surface area contributed by atoms with Gasteiger partial charge in [-0.05, 0) is 25.3 Å². The Labute approximate surface area is 101 Å². The van der Waals surface area contributed by atoms with Crippen molar-refractivity contribution >= 4 is 0 Å². The molecule has 1 aliphatic heterocycles. The molecular formula is C12H18N2O3. The SMILES string of the molecule is c1cnc(OCCCOC2CCCCO2)nc1. The quantitative estimate of drug-likeness (QED) is 0.707. The Balaban J connectivity index is 1.51. The summed E-state index contributed by atoms with van der Waals surface area (Å²) in [6, 6.07) is 2.18. The molecule has 1 aliphatic rings. The number of nitrogens with zero attached hydrogens (tertiary/aromatic N) is 2. The van der Waals surface area contributed by atoms with Gasteiger partial charge in [0.25, 0.3) is 0 Å². The van der Waals surface area contributed by atoms with Gasteiger partial charge in [0.05, 0.1) is 13.2 Å². The summed E-state index contributed by atoms with van der Waals surface area (Å²) >= 11 is 0. The Morgan fingerprint density at radius 1 is 1.24 bits per heavy atom. The van der Waals surface area contributed by atoms with Gasteiger partial charge in [0.1, 0.15) is 0 Å². The van der Waals surface area contributed by atoms with Crippen LogP contribution >= 0.6 is 0 Å². The van der Waals surface area contributed by atoms with E-state index in [2.05, 4.69) is 9.97 Å². The molecule has 0 saturated carbocycles. The highest BCUT2D eigenvalue weighted by atomic mass is 16.7. The molecule has 1 fully saturated rings. The number of rotatable bonds is 6. The van der Waals surface area contributed by atoms with E-state index < -0.39 is 0 Å². The average molecular weight is 238 g/mol. The third kappa shape index (κ3) is 4.66. The van der Waals surface area contributed by atoms with Crippen molar-refractivity contribution in [2.24, 2.45) is 0 Å². The van der Waals surface area contributed by atoms with Crippen molar-refractivity contribution in [3.63, 3.8) is 0 Å². The molecule has 17 heavy (non-hydrogen) atoms. The fourth-order valence-corrected chi connectivity index (χ4v) is 1.64. The number of aromatic nitrogens is 2. The molecule has 2 rings (SSSR count). The second-order valence-electron chi connectivity index (χ2n) is 3.90. The van der Waals surface area contributed by atoms with Crippen molar-refractivity contribution in [1.82, 2.24) is 9.97 Å². The van der Waals surface area contributed by atoms with Crippen molar-refractivity contribution in [1.29, 1.82) is 0 Å². The minimum Gasteiger partial charge on any atom is -0.463 e. The summed E-state index contributed by atoms with van der Waals surface area (Å²) in [5.41, 5.74) is 0. The maximum atomic E-state index is 5.58. The van der Waals surface area contributed by atoms with Gasteiger partial charge < -0.3 is 14.2 Å². The number of ether oxygens (including phenoxy) is 3. The molecule has 1 atom stereocenters. The molecule has 5 heteroatoms. The van der Waals surface area contributed by atoms with E-state index in [0.717, 1.165) is 25.9 Å². The molecule has 0 radical (unpaired) electrons. The van der Waals surface area contributed by atoms with Gasteiger partial charge in [-0.3, -0.25) is 0 Å².